The fourth-order valence-electron chi connectivity index (χ4n) is 4.41. The van der Waals surface area contributed by atoms with Crippen LogP contribution in [0.5, 0.6) is 0 Å². The fourth-order valence-corrected chi connectivity index (χ4v) is 4.41. The molecule has 0 aliphatic carbocycles. The monoisotopic (exact) mass is 601 g/mol. The second-order valence-corrected chi connectivity index (χ2v) is 12.5. The van der Waals surface area contributed by atoms with Gasteiger partial charge in [0, 0.05) is 12.8 Å². The van der Waals surface area contributed by atoms with E-state index in [-0.39, 0.29) is 32.2 Å². The van der Waals surface area contributed by atoms with E-state index in [1.54, 1.807) is 0 Å². The minimum Gasteiger partial charge on any atom is -0.545 e. The molecular formula is C33H63NO8. The number of rotatable bonds is 30. The number of esters is 2. The Morgan fingerprint density at radius 2 is 1.07 bits per heavy atom. The molecule has 0 bridgehead atoms. The molecule has 0 aliphatic heterocycles. The van der Waals surface area contributed by atoms with Crippen LogP contribution in [0.3, 0.4) is 0 Å². The number of ether oxygens (including phenoxy) is 4. The highest BCUT2D eigenvalue weighted by Crippen LogP contribution is 2.13. The van der Waals surface area contributed by atoms with E-state index in [0.29, 0.717) is 17.4 Å². The molecule has 0 saturated heterocycles. The van der Waals surface area contributed by atoms with Crippen molar-refractivity contribution in [2.24, 2.45) is 0 Å². The van der Waals surface area contributed by atoms with Gasteiger partial charge >= 0.3 is 11.9 Å². The minimum atomic E-state index is -1.61. The van der Waals surface area contributed by atoms with Crippen LogP contribution in [-0.2, 0) is 33.3 Å². The van der Waals surface area contributed by atoms with Gasteiger partial charge in [0.1, 0.15) is 13.2 Å². The molecule has 248 valence electrons. The van der Waals surface area contributed by atoms with E-state index in [2.05, 4.69) is 13.8 Å². The Kier molecular flexibility index (Phi) is 25.8. The number of hydrogen-bond donors (Lipinski definition) is 0. The Hall–Kier alpha value is -1.71. The molecule has 0 aliphatic rings. The van der Waals surface area contributed by atoms with Crippen molar-refractivity contribution in [2.75, 3.05) is 47.5 Å². The maximum atomic E-state index is 12.5. The van der Waals surface area contributed by atoms with Gasteiger partial charge in [0.2, 0.25) is 0 Å². The van der Waals surface area contributed by atoms with Gasteiger partial charge in [0.15, 0.2) is 12.4 Å². The third-order valence-corrected chi connectivity index (χ3v) is 7.10. The summed E-state index contributed by atoms with van der Waals surface area (Å²) < 4.78 is 22.3. The minimum absolute atomic E-state index is 0.152. The van der Waals surface area contributed by atoms with Gasteiger partial charge in [-0.3, -0.25) is 9.59 Å². The van der Waals surface area contributed by atoms with E-state index in [4.69, 9.17) is 18.9 Å². The maximum Gasteiger partial charge on any atom is 0.306 e. The Morgan fingerprint density at radius 3 is 1.52 bits per heavy atom. The molecular weight excluding hydrogens is 538 g/mol. The van der Waals surface area contributed by atoms with Gasteiger partial charge in [-0.2, -0.15) is 0 Å². The molecule has 0 aromatic carbocycles. The van der Waals surface area contributed by atoms with Crippen molar-refractivity contribution in [2.45, 2.75) is 148 Å². The molecule has 0 N–H and O–H groups in total. The van der Waals surface area contributed by atoms with Crippen molar-refractivity contribution in [3.05, 3.63) is 0 Å². The molecule has 0 aromatic heterocycles. The zero-order valence-electron chi connectivity index (χ0n) is 27.6. The molecule has 42 heavy (non-hydrogen) atoms. The Balaban J connectivity index is 4.61. The first kappa shape index (κ1) is 40.3. The van der Waals surface area contributed by atoms with Gasteiger partial charge < -0.3 is 33.3 Å². The first-order valence-electron chi connectivity index (χ1n) is 16.7. The fraction of sp³-hybridized carbons (Fsp3) is 0.909. The number of likely N-dealkylation sites (N-methyl/N-ethyl adjacent to an activating group) is 1. The number of carboxylic acids is 1. The van der Waals surface area contributed by atoms with Crippen LogP contribution in [-0.4, -0.2) is 82.3 Å². The first-order chi connectivity index (χ1) is 20.1. The lowest BCUT2D eigenvalue weighted by atomic mass is 10.1. The zero-order chi connectivity index (χ0) is 31.5. The van der Waals surface area contributed by atoms with Crippen molar-refractivity contribution < 1.29 is 42.9 Å². The van der Waals surface area contributed by atoms with Crippen LogP contribution in [0.25, 0.3) is 0 Å². The van der Waals surface area contributed by atoms with Gasteiger partial charge in [-0.15, -0.1) is 0 Å². The van der Waals surface area contributed by atoms with Crippen molar-refractivity contribution in [3.63, 3.8) is 0 Å². The van der Waals surface area contributed by atoms with Crippen LogP contribution in [0.4, 0.5) is 0 Å². The van der Waals surface area contributed by atoms with E-state index >= 15 is 0 Å². The van der Waals surface area contributed by atoms with Gasteiger partial charge in [-0.25, -0.2) is 0 Å². The molecule has 2 unspecified atom stereocenters. The van der Waals surface area contributed by atoms with Gasteiger partial charge in [0.25, 0.3) is 0 Å². The van der Waals surface area contributed by atoms with E-state index in [1.165, 1.54) is 70.6 Å². The number of hydrogen-bond acceptors (Lipinski definition) is 8. The summed E-state index contributed by atoms with van der Waals surface area (Å²) in [5.41, 5.74) is 0. The van der Waals surface area contributed by atoms with Crippen LogP contribution < -0.4 is 5.11 Å². The highest BCUT2D eigenvalue weighted by molar-refractivity contribution is 5.70. The number of nitrogens with zero attached hydrogens (tertiary/aromatic N) is 1. The van der Waals surface area contributed by atoms with Gasteiger partial charge in [-0.05, 0) is 12.8 Å². The molecule has 0 heterocycles. The van der Waals surface area contributed by atoms with Crippen molar-refractivity contribution in [1.29, 1.82) is 0 Å². The lowest BCUT2D eigenvalue weighted by Crippen LogP contribution is -2.44. The molecule has 0 amide bonds. The van der Waals surface area contributed by atoms with Crippen LogP contribution in [0.15, 0.2) is 0 Å². The predicted octanol–water partition coefficient (Wildman–Crippen LogP) is 5.71. The number of aliphatic carboxylic acids is 1. The van der Waals surface area contributed by atoms with E-state index < -0.39 is 24.3 Å². The number of carbonyl (C=O) groups excluding carboxylic acids is 3. The average molecular weight is 602 g/mol. The maximum absolute atomic E-state index is 12.5. The molecule has 9 nitrogen and oxygen atoms in total. The van der Waals surface area contributed by atoms with E-state index in [1.807, 2.05) is 21.1 Å². The first-order valence-corrected chi connectivity index (χ1v) is 16.7. The highest BCUT2D eigenvalue weighted by atomic mass is 16.7. The molecule has 0 spiro atoms. The number of carbonyl (C=O) groups is 3. The third-order valence-electron chi connectivity index (χ3n) is 7.10. The number of quaternary nitrogens is 1. The van der Waals surface area contributed by atoms with Crippen LogP contribution in [0, 0.1) is 0 Å². The molecule has 0 radical (unpaired) electrons. The molecule has 0 rings (SSSR count). The van der Waals surface area contributed by atoms with Crippen molar-refractivity contribution >= 4 is 17.9 Å². The average Bonchev–Trinajstić information content (AvgIpc) is 2.93. The second-order valence-electron chi connectivity index (χ2n) is 12.5. The topological polar surface area (TPSA) is 111 Å². The quantitative estimate of drug-likeness (QED) is 0.0446. The Labute approximate surface area is 256 Å². The molecule has 0 fully saturated rings. The van der Waals surface area contributed by atoms with E-state index in [9.17, 15) is 19.5 Å². The van der Waals surface area contributed by atoms with Crippen molar-refractivity contribution in [1.82, 2.24) is 0 Å². The SMILES string of the molecule is CCCCCCCCCCCCC(=O)OC(COC(=O)CCCCCCCCC)COC(OCC[N+](C)(C)C)C(=O)[O-]. The molecule has 0 aromatic rings. The summed E-state index contributed by atoms with van der Waals surface area (Å²) in [5, 5.41) is 11.5. The Morgan fingerprint density at radius 1 is 0.619 bits per heavy atom. The standard InChI is InChI=1S/C33H63NO8/c1-6-8-10-12-14-15-16-18-20-22-24-31(36)42-29(27-40-30(35)23-21-19-17-13-11-9-7-2)28-41-33(32(37)38)39-26-25-34(3,4)5/h29,33H,6-28H2,1-5H3. The summed E-state index contributed by atoms with van der Waals surface area (Å²) in [4.78, 5) is 36.4. The van der Waals surface area contributed by atoms with E-state index in [0.717, 1.165) is 38.5 Å². The summed E-state index contributed by atoms with van der Waals surface area (Å²) in [6.45, 7) is 4.65. The summed E-state index contributed by atoms with van der Waals surface area (Å²) in [6, 6.07) is 0. The molecule has 2 atom stereocenters. The summed E-state index contributed by atoms with van der Waals surface area (Å²) >= 11 is 0. The number of unbranched alkanes of at least 4 members (excludes halogenated alkanes) is 15. The summed E-state index contributed by atoms with van der Waals surface area (Å²) in [5.74, 6) is -2.29. The summed E-state index contributed by atoms with van der Waals surface area (Å²) in [7, 11) is 5.88. The lowest BCUT2D eigenvalue weighted by Gasteiger charge is -2.26. The van der Waals surface area contributed by atoms with Gasteiger partial charge in [-0.1, -0.05) is 110 Å². The summed E-state index contributed by atoms with van der Waals surface area (Å²) in [6.07, 6.45) is 17.3. The highest BCUT2D eigenvalue weighted by Gasteiger charge is 2.21. The third kappa shape index (κ3) is 27.1. The normalized spacial score (nSPS) is 13.1. The predicted molar refractivity (Wildman–Crippen MR) is 164 cm³/mol. The second kappa shape index (κ2) is 26.9. The molecule has 0 saturated carbocycles. The van der Waals surface area contributed by atoms with Crippen LogP contribution in [0.1, 0.15) is 136 Å². The van der Waals surface area contributed by atoms with Gasteiger partial charge in [0.05, 0.1) is 40.3 Å². The Bertz CT molecular complexity index is 679. The number of carboxylic acid groups (broad SMARTS) is 1. The largest absolute Gasteiger partial charge is 0.545 e. The van der Waals surface area contributed by atoms with Crippen LogP contribution >= 0.6 is 0 Å². The molecule has 9 heteroatoms. The smallest absolute Gasteiger partial charge is 0.306 e. The van der Waals surface area contributed by atoms with Crippen LogP contribution in [0.2, 0.25) is 0 Å². The zero-order valence-corrected chi connectivity index (χ0v) is 27.6. The van der Waals surface area contributed by atoms with Crippen molar-refractivity contribution in [3.8, 4) is 0 Å². The lowest BCUT2D eigenvalue weighted by molar-refractivity contribution is -0.870.